The number of nitro benzene ring substituents is 1. The van der Waals surface area contributed by atoms with E-state index in [0.717, 1.165) is 5.39 Å². The van der Waals surface area contributed by atoms with Crippen LogP contribution >= 0.6 is 0 Å². The Hall–Kier alpha value is -2.70. The van der Waals surface area contributed by atoms with Crippen molar-refractivity contribution in [3.8, 4) is 0 Å². The zero-order valence-corrected chi connectivity index (χ0v) is 9.71. The maximum absolute atomic E-state index is 10.7. The Labute approximate surface area is 109 Å². The second-order valence-corrected chi connectivity index (χ2v) is 3.51. The third-order valence-electron chi connectivity index (χ3n) is 2.18. The summed E-state index contributed by atoms with van der Waals surface area (Å²) in [5.74, 6) is 0. The van der Waals surface area contributed by atoms with Gasteiger partial charge in [0.15, 0.2) is 4.98 Å². The molecule has 20 heavy (non-hydrogen) atoms. The highest BCUT2D eigenvalue weighted by molar-refractivity contribution is 6.50. The Morgan fingerprint density at radius 2 is 1.65 bits per heavy atom. The lowest BCUT2D eigenvalue weighted by molar-refractivity contribution is -0.383. The Morgan fingerprint density at radius 3 is 2.15 bits per heavy atom. The zero-order valence-electron chi connectivity index (χ0n) is 9.71. The van der Waals surface area contributed by atoms with Crippen LogP contribution in [0.25, 0.3) is 15.7 Å². The molecule has 2 rings (SSSR count). The second-order valence-electron chi connectivity index (χ2n) is 3.51. The molecule has 0 spiro atoms. The number of nitrogens with zero attached hydrogens (tertiary/aromatic N) is 3. The summed E-state index contributed by atoms with van der Waals surface area (Å²) in [4.78, 5) is 13.1. The molecule has 0 fully saturated rings. The van der Waals surface area contributed by atoms with Gasteiger partial charge >= 0.3 is 18.6 Å². The van der Waals surface area contributed by atoms with E-state index in [9.17, 15) is 27.4 Å². The van der Waals surface area contributed by atoms with Crippen molar-refractivity contribution in [1.29, 1.82) is 5.39 Å². The predicted molar refractivity (Wildman–Crippen MR) is 65.5 cm³/mol. The molecule has 0 bridgehead atoms. The van der Waals surface area contributed by atoms with Crippen LogP contribution in [0.5, 0.6) is 0 Å². The Morgan fingerprint density at radius 1 is 1.10 bits per heavy atom. The van der Waals surface area contributed by atoms with E-state index in [2.05, 4.69) is 4.98 Å². The van der Waals surface area contributed by atoms with E-state index in [4.69, 9.17) is 5.39 Å². The predicted octanol–water partition coefficient (Wildman–Crippen LogP) is 4.53. The van der Waals surface area contributed by atoms with E-state index in [1.54, 1.807) is 24.3 Å². The number of diazo groups is 1. The molecule has 0 amide bonds. The fourth-order valence-electron chi connectivity index (χ4n) is 1.50. The minimum absolute atomic E-state index is 0.00176. The molecular weight excluding hydrogens is 281 g/mol. The summed E-state index contributed by atoms with van der Waals surface area (Å²) in [5.41, 5.74) is -0.200. The molecule has 0 saturated heterocycles. The highest BCUT2D eigenvalue weighted by Gasteiger charge is 2.27. The summed E-state index contributed by atoms with van der Waals surface area (Å²) in [6.07, 6.45) is 0. The van der Waals surface area contributed by atoms with Gasteiger partial charge in [-0.25, -0.2) is 0 Å². The zero-order chi connectivity index (χ0) is 15.3. The molecule has 2 aromatic rings. The topological polar surface area (TPSA) is 71.3 Å². The standard InChI is InChI=1S/C10H6N3O2.BF4/c11-12-10-8-4-2-1-3-7(8)5-6-9(10)13(14)15;2-1(3,4)5/h1-6H;/q+1;-1. The minimum Gasteiger partial charge on any atom is -0.418 e. The van der Waals surface area contributed by atoms with Crippen molar-refractivity contribution >= 4 is 29.4 Å². The maximum atomic E-state index is 10.7. The average Bonchev–Trinajstić information content (AvgIpc) is 2.35. The molecule has 0 aromatic heterocycles. The van der Waals surface area contributed by atoms with E-state index < -0.39 is 12.2 Å². The lowest BCUT2D eigenvalue weighted by Gasteiger charge is -1.94. The van der Waals surface area contributed by atoms with Crippen LogP contribution in [0.2, 0.25) is 0 Å². The van der Waals surface area contributed by atoms with Crippen molar-refractivity contribution in [3.63, 3.8) is 0 Å². The molecule has 0 saturated carbocycles. The molecule has 0 aliphatic heterocycles. The smallest absolute Gasteiger partial charge is 0.418 e. The largest absolute Gasteiger partial charge is 0.673 e. The summed E-state index contributed by atoms with van der Waals surface area (Å²) in [6, 6.07) is 9.99. The summed E-state index contributed by atoms with van der Waals surface area (Å²) in [5, 5.41) is 20.8. The first-order valence-electron chi connectivity index (χ1n) is 5.12. The van der Waals surface area contributed by atoms with Gasteiger partial charge in [0.05, 0.1) is 10.3 Å². The van der Waals surface area contributed by atoms with Gasteiger partial charge in [-0.1, -0.05) is 18.2 Å². The molecule has 0 aliphatic carbocycles. The number of nitro groups is 1. The number of halogens is 4. The Bertz CT molecular complexity index is 678. The van der Waals surface area contributed by atoms with Crippen LogP contribution < -0.4 is 0 Å². The van der Waals surface area contributed by atoms with E-state index in [1.165, 1.54) is 6.07 Å². The molecular formula is C10H6BF4N3O2. The summed E-state index contributed by atoms with van der Waals surface area (Å²) in [6.45, 7) is 0. The van der Waals surface area contributed by atoms with Crippen molar-refractivity contribution < 1.29 is 22.2 Å². The lowest BCUT2D eigenvalue weighted by atomic mass is 10.1. The van der Waals surface area contributed by atoms with Gasteiger partial charge in [0.2, 0.25) is 5.39 Å². The highest BCUT2D eigenvalue weighted by Crippen LogP contribution is 2.35. The minimum atomic E-state index is -6.00. The maximum Gasteiger partial charge on any atom is 0.673 e. The molecule has 0 heterocycles. The molecule has 0 unspecified atom stereocenters. The summed E-state index contributed by atoms with van der Waals surface area (Å²) in [7, 11) is -6.00. The van der Waals surface area contributed by atoms with Crippen molar-refractivity contribution in [2.24, 2.45) is 0 Å². The fraction of sp³-hybridized carbons (Fsp3) is 0. The lowest BCUT2D eigenvalue weighted by Crippen LogP contribution is -2.02. The van der Waals surface area contributed by atoms with Crippen molar-refractivity contribution in [2.45, 2.75) is 0 Å². The van der Waals surface area contributed by atoms with Gasteiger partial charge in [-0.15, -0.1) is 0 Å². The molecule has 10 heteroatoms. The van der Waals surface area contributed by atoms with E-state index in [0.29, 0.717) is 5.39 Å². The summed E-state index contributed by atoms with van der Waals surface area (Å²) < 4.78 is 39.0. The quantitative estimate of drug-likeness (QED) is 0.254. The number of rotatable bonds is 1. The highest BCUT2D eigenvalue weighted by atomic mass is 19.5. The van der Waals surface area contributed by atoms with Crippen LogP contribution in [-0.4, -0.2) is 12.2 Å². The van der Waals surface area contributed by atoms with Gasteiger partial charge in [0.1, 0.15) is 0 Å². The van der Waals surface area contributed by atoms with Gasteiger partial charge in [-0.2, -0.15) is 0 Å². The van der Waals surface area contributed by atoms with Crippen molar-refractivity contribution in [1.82, 2.24) is 0 Å². The molecule has 0 N–H and O–H groups in total. The average molecular weight is 287 g/mol. The third kappa shape index (κ3) is 4.20. The number of benzene rings is 2. The van der Waals surface area contributed by atoms with Gasteiger partial charge in [0.25, 0.3) is 0 Å². The van der Waals surface area contributed by atoms with Gasteiger partial charge in [0, 0.05) is 6.07 Å². The summed E-state index contributed by atoms with van der Waals surface area (Å²) >= 11 is 0. The SMILES string of the molecule is F[B-](F)(F)F.N#[N+]c1c([N+](=O)[O-])ccc2ccccc12. The molecule has 0 radical (unpaired) electrons. The fourth-order valence-corrected chi connectivity index (χ4v) is 1.50. The van der Waals surface area contributed by atoms with Gasteiger partial charge in [-0.05, 0) is 17.5 Å². The Kier molecular flexibility index (Phi) is 4.58. The van der Waals surface area contributed by atoms with E-state index in [1.807, 2.05) is 6.07 Å². The van der Waals surface area contributed by atoms with Gasteiger partial charge in [-0.3, -0.25) is 10.1 Å². The van der Waals surface area contributed by atoms with Crippen molar-refractivity contribution in [2.75, 3.05) is 0 Å². The van der Waals surface area contributed by atoms with Crippen LogP contribution in [0.3, 0.4) is 0 Å². The second kappa shape index (κ2) is 5.96. The van der Waals surface area contributed by atoms with Crippen LogP contribution in [0.1, 0.15) is 0 Å². The Balaban J connectivity index is 0.000000347. The van der Waals surface area contributed by atoms with Crippen LogP contribution in [0.15, 0.2) is 36.4 Å². The van der Waals surface area contributed by atoms with Crippen molar-refractivity contribution in [3.05, 3.63) is 51.5 Å². The first-order chi connectivity index (χ1) is 9.24. The van der Waals surface area contributed by atoms with E-state index >= 15 is 0 Å². The van der Waals surface area contributed by atoms with Crippen LogP contribution in [0.4, 0.5) is 28.6 Å². The molecule has 104 valence electrons. The number of hydrogen-bond donors (Lipinski definition) is 0. The van der Waals surface area contributed by atoms with Crippen LogP contribution in [-0.2, 0) is 0 Å². The first kappa shape index (κ1) is 15.4. The third-order valence-corrected chi connectivity index (χ3v) is 2.18. The van der Waals surface area contributed by atoms with Gasteiger partial charge < -0.3 is 17.3 Å². The number of fused-ring (bicyclic) bond motifs is 1. The normalized spacial score (nSPS) is 10.3. The monoisotopic (exact) mass is 287 g/mol. The molecule has 5 nitrogen and oxygen atoms in total. The first-order valence-corrected chi connectivity index (χ1v) is 5.12. The number of hydrogen-bond acceptors (Lipinski definition) is 3. The molecule has 2 aromatic carbocycles. The molecule has 0 aliphatic rings. The molecule has 0 atom stereocenters. The van der Waals surface area contributed by atoms with E-state index in [-0.39, 0.29) is 11.4 Å². The van der Waals surface area contributed by atoms with Crippen LogP contribution in [0, 0.1) is 15.5 Å².